The number of carbonyl (C=O) groups is 2. The summed E-state index contributed by atoms with van der Waals surface area (Å²) in [5.41, 5.74) is -0.974. The van der Waals surface area contributed by atoms with Crippen LogP contribution < -0.4 is 10.2 Å². The van der Waals surface area contributed by atoms with E-state index in [0.717, 1.165) is 12.1 Å². The molecule has 0 unspecified atom stereocenters. The van der Waals surface area contributed by atoms with Gasteiger partial charge >= 0.3 is 11.9 Å². The number of aliphatic carboxylic acids is 1. The number of phenolic OH excluding ortho intramolecular Hbond substituents is 2. The van der Waals surface area contributed by atoms with E-state index in [1.54, 1.807) is 0 Å². The molecule has 0 aliphatic carbocycles. The number of hydrogen-bond donors (Lipinski definition) is 7. The second kappa shape index (κ2) is 10.5. The van der Waals surface area contributed by atoms with Gasteiger partial charge in [-0.1, -0.05) is 0 Å². The molecule has 0 bridgehead atoms. The first kappa shape index (κ1) is 26.7. The summed E-state index contributed by atoms with van der Waals surface area (Å²) in [5.74, 6) is -4.60. The maximum Gasteiger partial charge on any atom is 0.317 e. The number of aliphatic hydroxyl groups excluding tert-OH is 3. The van der Waals surface area contributed by atoms with E-state index < -0.39 is 72.6 Å². The Bertz CT molecular complexity index is 1410. The molecule has 2 heterocycles. The van der Waals surface area contributed by atoms with Gasteiger partial charge in [0.1, 0.15) is 65.7 Å². The smallest absolute Gasteiger partial charge is 0.317 e. The van der Waals surface area contributed by atoms with Crippen molar-refractivity contribution < 1.29 is 64.0 Å². The third-order valence-electron chi connectivity index (χ3n) is 5.68. The molecule has 1 fully saturated rings. The van der Waals surface area contributed by atoms with Crippen LogP contribution in [0.1, 0.15) is 6.42 Å². The number of carbonyl (C=O) groups excluding carboxylic acids is 1. The van der Waals surface area contributed by atoms with Gasteiger partial charge in [0.2, 0.25) is 17.5 Å². The molecule has 7 N–H and O–H groups in total. The molecule has 2 aromatic carbocycles. The van der Waals surface area contributed by atoms with Crippen molar-refractivity contribution in [1.29, 1.82) is 0 Å². The van der Waals surface area contributed by atoms with Gasteiger partial charge in [0.05, 0.1) is 0 Å². The molecule has 0 saturated carbocycles. The molecular formula is C24H22O14. The predicted molar refractivity (Wildman–Crippen MR) is 123 cm³/mol. The number of rotatable bonds is 7. The van der Waals surface area contributed by atoms with Crippen molar-refractivity contribution in [1.82, 2.24) is 0 Å². The standard InChI is InChI=1S/C24H22O14/c25-10-3-1-9(2-4-10)23-21(33)19(31)17-12(26)5-11(6-13(17)37-23)36-24-22(34)20(32)18(30)14(38-24)8-35-16(29)7-15(27)28/h1-6,14,18,20,22,24-26,30,32-34H,7-8H2,(H,27,28)/t14-,18-,20+,22-,24-/m1/s1. The molecule has 14 nitrogen and oxygen atoms in total. The lowest BCUT2D eigenvalue weighted by Crippen LogP contribution is -2.60. The Balaban J connectivity index is 1.62. The third kappa shape index (κ3) is 5.33. The van der Waals surface area contributed by atoms with E-state index >= 15 is 0 Å². The highest BCUT2D eigenvalue weighted by Gasteiger charge is 2.45. The number of phenols is 2. The van der Waals surface area contributed by atoms with E-state index in [1.165, 1.54) is 24.3 Å². The van der Waals surface area contributed by atoms with Gasteiger partial charge < -0.3 is 54.4 Å². The van der Waals surface area contributed by atoms with Crippen LogP contribution in [-0.4, -0.2) is 85.0 Å². The van der Waals surface area contributed by atoms with Gasteiger partial charge in [0, 0.05) is 17.7 Å². The Hall–Kier alpha value is -4.37. The van der Waals surface area contributed by atoms with E-state index in [1.807, 2.05) is 0 Å². The minimum atomic E-state index is -1.83. The Morgan fingerprint density at radius 3 is 2.29 bits per heavy atom. The van der Waals surface area contributed by atoms with Crippen LogP contribution >= 0.6 is 0 Å². The number of esters is 1. The molecular weight excluding hydrogens is 512 g/mol. The molecule has 3 aromatic rings. The van der Waals surface area contributed by atoms with Crippen LogP contribution in [0.2, 0.25) is 0 Å². The number of ether oxygens (including phenoxy) is 3. The number of carboxylic acids is 1. The predicted octanol–water partition coefficient (Wildman–Crippen LogP) is -0.219. The number of aliphatic hydroxyl groups is 3. The van der Waals surface area contributed by atoms with Crippen LogP contribution in [0.25, 0.3) is 22.3 Å². The fourth-order valence-electron chi connectivity index (χ4n) is 3.78. The molecule has 4 rings (SSSR count). The largest absolute Gasteiger partial charge is 0.508 e. The summed E-state index contributed by atoms with van der Waals surface area (Å²) in [6.45, 7) is -0.677. The Labute approximate surface area is 212 Å². The van der Waals surface area contributed by atoms with Crippen LogP contribution in [0.5, 0.6) is 23.0 Å². The number of benzene rings is 2. The normalized spacial score (nSPS) is 23.2. The maximum atomic E-state index is 12.7. The second-order valence-corrected chi connectivity index (χ2v) is 8.36. The maximum absolute atomic E-state index is 12.7. The number of hydrogen-bond acceptors (Lipinski definition) is 13. The summed E-state index contributed by atoms with van der Waals surface area (Å²) in [5, 5.41) is 69.2. The topological polar surface area (TPSA) is 234 Å². The summed E-state index contributed by atoms with van der Waals surface area (Å²) >= 11 is 0. The first-order valence-electron chi connectivity index (χ1n) is 11.0. The molecule has 14 heteroatoms. The van der Waals surface area contributed by atoms with Crippen molar-refractivity contribution in [2.45, 2.75) is 37.1 Å². The highest BCUT2D eigenvalue weighted by atomic mass is 16.7. The molecule has 1 aliphatic rings. The zero-order chi connectivity index (χ0) is 27.7. The van der Waals surface area contributed by atoms with Crippen molar-refractivity contribution in [2.24, 2.45) is 0 Å². The summed E-state index contributed by atoms with van der Waals surface area (Å²) in [7, 11) is 0. The zero-order valence-corrected chi connectivity index (χ0v) is 19.3. The molecule has 0 radical (unpaired) electrons. The highest BCUT2D eigenvalue weighted by Crippen LogP contribution is 2.36. The van der Waals surface area contributed by atoms with Crippen LogP contribution in [0, 0.1) is 0 Å². The summed E-state index contributed by atoms with van der Waals surface area (Å²) in [6, 6.07) is 7.44. The lowest BCUT2D eigenvalue weighted by atomic mass is 9.99. The van der Waals surface area contributed by atoms with E-state index in [4.69, 9.17) is 23.7 Å². The average Bonchev–Trinajstić information content (AvgIpc) is 2.85. The number of aromatic hydroxyl groups is 3. The SMILES string of the molecule is O=C(O)CC(=O)OC[C@H]1O[C@@H](Oc2cc(O)c3c(=O)c(O)c(-c4ccc(O)cc4)oc3c2)[C@H](O)[C@@H](O)[C@@H]1O. The van der Waals surface area contributed by atoms with Crippen LogP contribution in [0.15, 0.2) is 45.6 Å². The first-order valence-corrected chi connectivity index (χ1v) is 11.0. The van der Waals surface area contributed by atoms with Crippen LogP contribution in [0.4, 0.5) is 0 Å². The van der Waals surface area contributed by atoms with Crippen molar-refractivity contribution in [3.63, 3.8) is 0 Å². The molecule has 5 atom stereocenters. The Kier molecular flexibility index (Phi) is 7.41. The highest BCUT2D eigenvalue weighted by molar-refractivity contribution is 5.90. The van der Waals surface area contributed by atoms with Gasteiger partial charge in [0.15, 0.2) is 5.76 Å². The second-order valence-electron chi connectivity index (χ2n) is 8.36. The Morgan fingerprint density at radius 1 is 0.947 bits per heavy atom. The van der Waals surface area contributed by atoms with Gasteiger partial charge in [-0.05, 0) is 24.3 Å². The number of carboxylic acid groups (broad SMARTS) is 1. The molecule has 1 aromatic heterocycles. The van der Waals surface area contributed by atoms with Crippen LogP contribution in [0.3, 0.4) is 0 Å². The molecule has 1 aliphatic heterocycles. The zero-order valence-electron chi connectivity index (χ0n) is 19.3. The van der Waals surface area contributed by atoms with Gasteiger partial charge in [-0.15, -0.1) is 0 Å². The summed E-state index contributed by atoms with van der Waals surface area (Å²) in [6.07, 6.45) is -9.46. The fraction of sp³-hybridized carbons (Fsp3) is 0.292. The van der Waals surface area contributed by atoms with E-state index in [-0.39, 0.29) is 33.8 Å². The van der Waals surface area contributed by atoms with Crippen molar-refractivity contribution in [2.75, 3.05) is 6.61 Å². The first-order chi connectivity index (χ1) is 18.0. The quantitative estimate of drug-likeness (QED) is 0.153. The average molecular weight is 534 g/mol. The van der Waals surface area contributed by atoms with Gasteiger partial charge in [0.25, 0.3) is 0 Å². The summed E-state index contributed by atoms with van der Waals surface area (Å²) in [4.78, 5) is 34.8. The van der Waals surface area contributed by atoms with Gasteiger partial charge in [-0.2, -0.15) is 0 Å². The van der Waals surface area contributed by atoms with E-state index in [2.05, 4.69) is 0 Å². The molecule has 0 spiro atoms. The lowest BCUT2D eigenvalue weighted by Gasteiger charge is -2.39. The van der Waals surface area contributed by atoms with Crippen molar-refractivity contribution in [3.05, 3.63) is 46.6 Å². The minimum absolute atomic E-state index is 0.0713. The number of fused-ring (bicyclic) bond motifs is 1. The molecule has 1 saturated heterocycles. The van der Waals surface area contributed by atoms with E-state index in [9.17, 15) is 45.0 Å². The Morgan fingerprint density at radius 2 is 1.63 bits per heavy atom. The van der Waals surface area contributed by atoms with Crippen LogP contribution in [-0.2, 0) is 19.1 Å². The summed E-state index contributed by atoms with van der Waals surface area (Å²) < 4.78 is 21.3. The van der Waals surface area contributed by atoms with Crippen molar-refractivity contribution in [3.8, 4) is 34.3 Å². The molecule has 0 amide bonds. The monoisotopic (exact) mass is 534 g/mol. The molecule has 202 valence electrons. The fourth-order valence-corrected chi connectivity index (χ4v) is 3.78. The van der Waals surface area contributed by atoms with E-state index in [0.29, 0.717) is 0 Å². The van der Waals surface area contributed by atoms with Crippen molar-refractivity contribution >= 4 is 22.9 Å². The molecule has 38 heavy (non-hydrogen) atoms. The van der Waals surface area contributed by atoms with Gasteiger partial charge in [-0.25, -0.2) is 0 Å². The minimum Gasteiger partial charge on any atom is -0.508 e. The third-order valence-corrected chi connectivity index (χ3v) is 5.68. The van der Waals surface area contributed by atoms with Gasteiger partial charge in [-0.3, -0.25) is 14.4 Å². The lowest BCUT2D eigenvalue weighted by molar-refractivity contribution is -0.278.